The van der Waals surface area contributed by atoms with E-state index in [1.54, 1.807) is 0 Å². The summed E-state index contributed by atoms with van der Waals surface area (Å²) >= 11 is 0. The Balaban J connectivity index is 0. The minimum atomic E-state index is -10.7. The van der Waals surface area contributed by atoms with E-state index in [0.29, 0.717) is 6.10 Å². The second kappa shape index (κ2) is 5.51. The quantitative estimate of drug-likeness (QED) is 0.292. The number of hydrogen-bond donors (Lipinski definition) is 0. The van der Waals surface area contributed by atoms with Gasteiger partial charge in [0.1, 0.15) is 0 Å². The fourth-order valence-electron chi connectivity index (χ4n) is 0.735. The third kappa shape index (κ3) is 24.9. The Morgan fingerprint density at radius 3 is 1.39 bits per heavy atom. The summed E-state index contributed by atoms with van der Waals surface area (Å²) in [5, 5.41) is 0. The van der Waals surface area contributed by atoms with Gasteiger partial charge in [-0.05, 0) is 27.7 Å². The first-order valence-electron chi connectivity index (χ1n) is 5.50. The molecule has 0 heterocycles. The molecule has 0 atom stereocenters. The van der Waals surface area contributed by atoms with E-state index in [1.165, 1.54) is 0 Å². The van der Waals surface area contributed by atoms with Crippen molar-refractivity contribution in [1.82, 2.24) is 0 Å². The van der Waals surface area contributed by atoms with Crippen LogP contribution in [0.3, 0.4) is 0 Å². The van der Waals surface area contributed by atoms with Crippen molar-refractivity contribution >= 4 is 7.81 Å². The van der Waals surface area contributed by atoms with Crippen molar-refractivity contribution in [2.75, 3.05) is 26.9 Å². The Labute approximate surface area is 104 Å². The summed E-state index contributed by atoms with van der Waals surface area (Å²) in [5.41, 5.74) is 0. The van der Waals surface area contributed by atoms with Crippen molar-refractivity contribution in [1.29, 1.82) is 0 Å². The van der Waals surface area contributed by atoms with Gasteiger partial charge in [-0.25, -0.2) is 0 Å². The first-order valence-corrected chi connectivity index (χ1v) is 7.53. The van der Waals surface area contributed by atoms with Gasteiger partial charge in [0, 0.05) is 0 Å². The van der Waals surface area contributed by atoms with Crippen molar-refractivity contribution < 1.29 is 34.4 Å². The topological polar surface area (TPSA) is 9.23 Å². The van der Waals surface area contributed by atoms with Crippen molar-refractivity contribution in [2.45, 2.75) is 33.8 Å². The van der Waals surface area contributed by atoms with Gasteiger partial charge in [0.05, 0.1) is 26.2 Å². The number of hydrogen-bond acceptors (Lipinski definition) is 1. The molecule has 0 radical (unpaired) electrons. The molecule has 0 unspecified atom stereocenters. The molecule has 9 heteroatoms. The first kappa shape index (κ1) is 20.3. The van der Waals surface area contributed by atoms with E-state index in [1.807, 2.05) is 0 Å². The molecule has 0 saturated carbocycles. The van der Waals surface area contributed by atoms with E-state index in [-0.39, 0.29) is 0 Å². The summed E-state index contributed by atoms with van der Waals surface area (Å²) in [4.78, 5) is 0. The van der Waals surface area contributed by atoms with Crippen LogP contribution in [0.1, 0.15) is 27.7 Å². The predicted octanol–water partition coefficient (Wildman–Crippen LogP) is 5.24. The first-order chi connectivity index (χ1) is 7.49. The third-order valence-corrected chi connectivity index (χ3v) is 2.25. The van der Waals surface area contributed by atoms with Gasteiger partial charge in [-0.3, -0.25) is 0 Å². The van der Waals surface area contributed by atoms with Gasteiger partial charge >= 0.3 is 33.0 Å². The molecule has 0 aromatic heterocycles. The van der Waals surface area contributed by atoms with E-state index < -0.39 is 7.81 Å². The van der Waals surface area contributed by atoms with Gasteiger partial charge < -0.3 is 9.22 Å². The average Bonchev–Trinajstić information content (AvgIpc) is 2.09. The van der Waals surface area contributed by atoms with E-state index in [0.717, 1.165) is 24.3 Å². The van der Waals surface area contributed by atoms with Crippen LogP contribution in [-0.2, 0) is 4.74 Å². The fraction of sp³-hybridized carbons (Fsp3) is 1.00. The van der Waals surface area contributed by atoms with Crippen LogP contribution in [0.4, 0.5) is 25.2 Å². The monoisotopic (exact) mass is 305 g/mol. The van der Waals surface area contributed by atoms with Gasteiger partial charge in [0.2, 0.25) is 0 Å². The molecule has 0 fully saturated rings. The van der Waals surface area contributed by atoms with Crippen molar-refractivity contribution in [3.63, 3.8) is 0 Å². The molecule has 0 bridgehead atoms. The molecule has 0 saturated heterocycles. The Morgan fingerprint density at radius 2 is 1.22 bits per heavy atom. The van der Waals surface area contributed by atoms with E-state index >= 15 is 0 Å². The Bertz CT molecular complexity index is 234. The average molecular weight is 305 g/mol. The molecule has 0 aliphatic rings. The zero-order chi connectivity index (χ0) is 15.3. The zero-order valence-corrected chi connectivity index (χ0v) is 12.2. The SMILES string of the molecule is CC[N+](C)(CC)COC(C)C.F[P-](F)(F)(F)(F)F. The van der Waals surface area contributed by atoms with Crippen molar-refractivity contribution in [2.24, 2.45) is 0 Å². The summed E-state index contributed by atoms with van der Waals surface area (Å²) < 4.78 is 65.8. The molecule has 0 aromatic rings. The fourth-order valence-corrected chi connectivity index (χ4v) is 0.735. The summed E-state index contributed by atoms with van der Waals surface area (Å²) in [5.74, 6) is 0. The van der Waals surface area contributed by atoms with Crippen LogP contribution >= 0.6 is 7.81 Å². The Hall–Kier alpha value is -0.0700. The van der Waals surface area contributed by atoms with Crippen LogP contribution in [0.2, 0.25) is 0 Å². The number of halogens is 6. The van der Waals surface area contributed by atoms with Crippen LogP contribution in [0.5, 0.6) is 0 Å². The van der Waals surface area contributed by atoms with Gasteiger partial charge in [-0.2, -0.15) is 0 Å². The second-order valence-corrected chi connectivity index (χ2v) is 6.47. The van der Waals surface area contributed by atoms with Crippen LogP contribution in [0.15, 0.2) is 0 Å². The molecule has 2 nitrogen and oxygen atoms in total. The summed E-state index contributed by atoms with van der Waals surface area (Å²) in [6.45, 7) is 11.7. The maximum atomic E-state index is 9.87. The maximum absolute atomic E-state index is 10.7. The molecule has 0 aromatic carbocycles. The van der Waals surface area contributed by atoms with Crippen LogP contribution in [-0.4, -0.2) is 37.5 Å². The Kier molecular flexibility index (Phi) is 6.20. The van der Waals surface area contributed by atoms with Crippen molar-refractivity contribution in [3.8, 4) is 0 Å². The summed E-state index contributed by atoms with van der Waals surface area (Å²) in [7, 11) is -8.43. The predicted molar refractivity (Wildman–Crippen MR) is 61.9 cm³/mol. The van der Waals surface area contributed by atoms with Crippen LogP contribution in [0.25, 0.3) is 0 Å². The standard InChI is InChI=1S/C9H22NO.F6P/c1-6-10(5,7-2)8-11-9(3)4;1-7(2,3,4,5)6/h9H,6-8H2,1-5H3;/q+1;-1. The van der Waals surface area contributed by atoms with Gasteiger partial charge in [0.15, 0.2) is 6.73 Å². The van der Waals surface area contributed by atoms with Crippen LogP contribution in [0, 0.1) is 0 Å². The van der Waals surface area contributed by atoms with Gasteiger partial charge in [-0.1, -0.05) is 0 Å². The molecule has 0 spiro atoms. The van der Waals surface area contributed by atoms with Gasteiger partial charge in [0.25, 0.3) is 0 Å². The molecule has 18 heavy (non-hydrogen) atoms. The molecular formula is C9H22F6NOP. The number of nitrogens with zero attached hydrogens (tertiary/aromatic N) is 1. The normalized spacial score (nSPS) is 16.7. The zero-order valence-electron chi connectivity index (χ0n) is 11.3. The third-order valence-electron chi connectivity index (χ3n) is 2.25. The number of rotatable bonds is 5. The van der Waals surface area contributed by atoms with Crippen LogP contribution < -0.4 is 0 Å². The molecule has 0 N–H and O–H groups in total. The van der Waals surface area contributed by atoms with E-state index in [2.05, 4.69) is 34.7 Å². The summed E-state index contributed by atoms with van der Waals surface area (Å²) in [6.07, 6.45) is 0.352. The van der Waals surface area contributed by atoms with E-state index in [9.17, 15) is 25.2 Å². The number of quaternary nitrogens is 1. The Morgan fingerprint density at radius 1 is 0.944 bits per heavy atom. The minimum absolute atomic E-state index is 0.352. The molecule has 0 rings (SSSR count). The molecule has 116 valence electrons. The second-order valence-electron chi connectivity index (χ2n) is 4.55. The molecule has 0 aliphatic heterocycles. The van der Waals surface area contributed by atoms with Crippen molar-refractivity contribution in [3.05, 3.63) is 0 Å². The van der Waals surface area contributed by atoms with E-state index in [4.69, 9.17) is 4.74 Å². The molecule has 0 amide bonds. The summed E-state index contributed by atoms with van der Waals surface area (Å²) in [6, 6.07) is 0. The molecule has 0 aliphatic carbocycles. The van der Waals surface area contributed by atoms with Gasteiger partial charge in [-0.15, -0.1) is 0 Å². The number of ether oxygens (including phenoxy) is 1. The molecular weight excluding hydrogens is 283 g/mol.